The fourth-order valence-corrected chi connectivity index (χ4v) is 3.45. The van der Waals surface area contributed by atoms with Crippen molar-refractivity contribution in [1.29, 1.82) is 0 Å². The van der Waals surface area contributed by atoms with Crippen molar-refractivity contribution < 1.29 is 5.11 Å². The first-order valence-electron chi connectivity index (χ1n) is 8.27. The first kappa shape index (κ1) is 14.8. The van der Waals surface area contributed by atoms with Crippen molar-refractivity contribution in [2.45, 2.75) is 25.9 Å². The van der Waals surface area contributed by atoms with Gasteiger partial charge in [-0.3, -0.25) is 4.90 Å². The summed E-state index contributed by atoms with van der Waals surface area (Å²) in [6.45, 7) is 9.25. The summed E-state index contributed by atoms with van der Waals surface area (Å²) in [6.07, 6.45) is 2.03. The van der Waals surface area contributed by atoms with Crippen LogP contribution in [0, 0.1) is 0 Å². The molecule has 3 rings (SSSR count). The number of fused-ring (bicyclic) bond motifs is 1. The zero-order valence-electron chi connectivity index (χ0n) is 13.0. The Labute approximate surface area is 127 Å². The Morgan fingerprint density at radius 1 is 1.24 bits per heavy atom. The maximum atomic E-state index is 10.6. The number of anilines is 1. The number of nitrogens with zero attached hydrogens (tertiary/aromatic N) is 2. The normalized spacial score (nSPS) is 21.1. The van der Waals surface area contributed by atoms with E-state index in [9.17, 15) is 5.11 Å². The molecule has 0 radical (unpaired) electrons. The van der Waals surface area contributed by atoms with Crippen LogP contribution in [0.4, 0.5) is 5.69 Å². The Bertz CT molecular complexity index is 471. The van der Waals surface area contributed by atoms with Crippen molar-refractivity contribution in [3.63, 3.8) is 0 Å². The van der Waals surface area contributed by atoms with Gasteiger partial charge in [0.05, 0.1) is 6.10 Å². The van der Waals surface area contributed by atoms with Crippen LogP contribution in [0.25, 0.3) is 0 Å². The van der Waals surface area contributed by atoms with Crippen LogP contribution in [0.15, 0.2) is 18.2 Å². The number of hydrogen-bond acceptors (Lipinski definition) is 4. The fraction of sp³-hybridized carbons (Fsp3) is 0.647. The highest BCUT2D eigenvalue weighted by Gasteiger charge is 2.20. The van der Waals surface area contributed by atoms with E-state index in [-0.39, 0.29) is 6.10 Å². The SMILES string of the molecule is CCN1CCCc2ccc(C(O)CN3CCNCC3)cc21. The van der Waals surface area contributed by atoms with Gasteiger partial charge >= 0.3 is 0 Å². The van der Waals surface area contributed by atoms with Gasteiger partial charge in [-0.1, -0.05) is 12.1 Å². The summed E-state index contributed by atoms with van der Waals surface area (Å²) in [6, 6.07) is 6.54. The number of aliphatic hydroxyl groups excluding tert-OH is 1. The van der Waals surface area contributed by atoms with Crippen LogP contribution >= 0.6 is 0 Å². The van der Waals surface area contributed by atoms with Crippen LogP contribution in [0.2, 0.25) is 0 Å². The van der Waals surface area contributed by atoms with E-state index in [4.69, 9.17) is 0 Å². The van der Waals surface area contributed by atoms with Crippen LogP contribution in [0.5, 0.6) is 0 Å². The lowest BCUT2D eigenvalue weighted by Crippen LogP contribution is -2.45. The molecule has 2 aliphatic heterocycles. The summed E-state index contributed by atoms with van der Waals surface area (Å²) in [4.78, 5) is 4.78. The molecule has 1 atom stereocenters. The molecule has 2 aliphatic rings. The van der Waals surface area contributed by atoms with Crippen molar-refractivity contribution in [1.82, 2.24) is 10.2 Å². The number of rotatable bonds is 4. The Morgan fingerprint density at radius 2 is 2.05 bits per heavy atom. The first-order chi connectivity index (χ1) is 10.3. The average Bonchev–Trinajstić information content (AvgIpc) is 2.54. The summed E-state index contributed by atoms with van der Waals surface area (Å²) in [7, 11) is 0. The third-order valence-corrected chi connectivity index (χ3v) is 4.73. The topological polar surface area (TPSA) is 38.7 Å². The fourth-order valence-electron chi connectivity index (χ4n) is 3.45. The molecule has 0 spiro atoms. The van der Waals surface area contributed by atoms with Crippen LogP contribution in [-0.2, 0) is 6.42 Å². The van der Waals surface area contributed by atoms with Gasteiger partial charge < -0.3 is 15.3 Å². The van der Waals surface area contributed by atoms with E-state index in [1.165, 1.54) is 24.1 Å². The quantitative estimate of drug-likeness (QED) is 0.879. The number of aliphatic hydroxyl groups is 1. The van der Waals surface area contributed by atoms with Gasteiger partial charge in [-0.05, 0) is 37.0 Å². The number of benzene rings is 1. The highest BCUT2D eigenvalue weighted by molar-refractivity contribution is 5.57. The molecule has 1 unspecified atom stereocenters. The van der Waals surface area contributed by atoms with Crippen molar-refractivity contribution in [2.75, 3.05) is 50.7 Å². The molecule has 0 aliphatic carbocycles. The molecule has 2 N–H and O–H groups in total. The van der Waals surface area contributed by atoms with Crippen LogP contribution < -0.4 is 10.2 Å². The first-order valence-corrected chi connectivity index (χ1v) is 8.27. The molecular weight excluding hydrogens is 262 g/mol. The van der Waals surface area contributed by atoms with Crippen molar-refractivity contribution in [3.05, 3.63) is 29.3 Å². The second-order valence-corrected chi connectivity index (χ2v) is 6.14. The molecule has 4 nitrogen and oxygen atoms in total. The van der Waals surface area contributed by atoms with E-state index in [0.29, 0.717) is 0 Å². The van der Waals surface area contributed by atoms with E-state index in [2.05, 4.69) is 40.2 Å². The molecular formula is C17H27N3O. The molecule has 21 heavy (non-hydrogen) atoms. The lowest BCUT2D eigenvalue weighted by atomic mass is 9.97. The van der Waals surface area contributed by atoms with Crippen molar-refractivity contribution >= 4 is 5.69 Å². The standard InChI is InChI=1S/C17H27N3O/c1-2-20-9-3-4-14-5-6-15(12-16(14)20)17(21)13-19-10-7-18-8-11-19/h5-6,12,17-18,21H,2-4,7-11,13H2,1H3. The Hall–Kier alpha value is -1.10. The minimum atomic E-state index is -0.381. The molecule has 2 heterocycles. The largest absolute Gasteiger partial charge is 0.387 e. The monoisotopic (exact) mass is 289 g/mol. The maximum absolute atomic E-state index is 10.6. The molecule has 4 heteroatoms. The van der Waals surface area contributed by atoms with E-state index in [1.807, 2.05) is 0 Å². The summed E-state index contributed by atoms with van der Waals surface area (Å²) in [5.74, 6) is 0. The molecule has 0 saturated carbocycles. The molecule has 0 amide bonds. The number of aryl methyl sites for hydroxylation is 1. The number of piperazine rings is 1. The second-order valence-electron chi connectivity index (χ2n) is 6.14. The zero-order chi connectivity index (χ0) is 14.7. The van der Waals surface area contributed by atoms with Gasteiger partial charge in [-0.25, -0.2) is 0 Å². The van der Waals surface area contributed by atoms with Gasteiger partial charge in [-0.15, -0.1) is 0 Å². The van der Waals surface area contributed by atoms with Gasteiger partial charge in [-0.2, -0.15) is 0 Å². The highest BCUT2D eigenvalue weighted by atomic mass is 16.3. The molecule has 1 fully saturated rings. The summed E-state index contributed by atoms with van der Waals surface area (Å²) >= 11 is 0. The number of nitrogens with one attached hydrogen (secondary N) is 1. The lowest BCUT2D eigenvalue weighted by Gasteiger charge is -2.32. The number of hydrogen-bond donors (Lipinski definition) is 2. The van der Waals surface area contributed by atoms with Gasteiger partial charge in [0, 0.05) is 51.5 Å². The van der Waals surface area contributed by atoms with Gasteiger partial charge in [0.1, 0.15) is 0 Å². The molecule has 0 aromatic heterocycles. The maximum Gasteiger partial charge on any atom is 0.0917 e. The third kappa shape index (κ3) is 3.39. The zero-order valence-corrected chi connectivity index (χ0v) is 13.0. The minimum absolute atomic E-state index is 0.381. The van der Waals surface area contributed by atoms with E-state index in [0.717, 1.165) is 51.4 Å². The molecule has 1 aromatic rings. The smallest absolute Gasteiger partial charge is 0.0917 e. The second kappa shape index (κ2) is 6.77. The lowest BCUT2D eigenvalue weighted by molar-refractivity contribution is 0.105. The summed E-state index contributed by atoms with van der Waals surface area (Å²) < 4.78 is 0. The van der Waals surface area contributed by atoms with E-state index in [1.54, 1.807) is 0 Å². The number of β-amino-alcohol motifs (C(OH)–C–C–N with tert-alkyl or cyclic N) is 1. The van der Waals surface area contributed by atoms with E-state index >= 15 is 0 Å². The van der Waals surface area contributed by atoms with Gasteiger partial charge in [0.25, 0.3) is 0 Å². The van der Waals surface area contributed by atoms with Crippen LogP contribution in [-0.4, -0.2) is 55.8 Å². The predicted octanol–water partition coefficient (Wildman–Crippen LogP) is 1.40. The minimum Gasteiger partial charge on any atom is -0.387 e. The predicted molar refractivity (Wildman–Crippen MR) is 86.9 cm³/mol. The summed E-state index contributed by atoms with van der Waals surface area (Å²) in [5.41, 5.74) is 3.83. The van der Waals surface area contributed by atoms with Crippen LogP contribution in [0.3, 0.4) is 0 Å². The third-order valence-electron chi connectivity index (χ3n) is 4.73. The van der Waals surface area contributed by atoms with E-state index < -0.39 is 0 Å². The Kier molecular flexibility index (Phi) is 4.78. The molecule has 0 bridgehead atoms. The molecule has 1 aromatic carbocycles. The average molecular weight is 289 g/mol. The van der Waals surface area contributed by atoms with Crippen LogP contribution in [0.1, 0.15) is 30.6 Å². The van der Waals surface area contributed by atoms with Gasteiger partial charge in [0.2, 0.25) is 0 Å². The molecule has 1 saturated heterocycles. The van der Waals surface area contributed by atoms with Crippen molar-refractivity contribution in [3.8, 4) is 0 Å². The Balaban J connectivity index is 1.72. The molecule has 116 valence electrons. The van der Waals surface area contributed by atoms with Gasteiger partial charge in [0.15, 0.2) is 0 Å². The summed E-state index contributed by atoms with van der Waals surface area (Å²) in [5, 5.41) is 13.9. The Morgan fingerprint density at radius 3 is 2.81 bits per heavy atom. The highest BCUT2D eigenvalue weighted by Crippen LogP contribution is 2.30. The van der Waals surface area contributed by atoms with Crippen molar-refractivity contribution in [2.24, 2.45) is 0 Å².